The van der Waals surface area contributed by atoms with E-state index >= 15 is 0 Å². The molecule has 2 aliphatic carbocycles. The van der Waals surface area contributed by atoms with Crippen molar-refractivity contribution in [2.24, 2.45) is 17.8 Å². The lowest BCUT2D eigenvalue weighted by Gasteiger charge is -2.37. The first-order chi connectivity index (χ1) is 11.0. The van der Waals surface area contributed by atoms with Gasteiger partial charge in [-0.15, -0.1) is 0 Å². The summed E-state index contributed by atoms with van der Waals surface area (Å²) < 4.78 is -0.273. The Morgan fingerprint density at radius 1 is 1.00 bits per heavy atom. The highest BCUT2D eigenvalue weighted by atomic mass is 16.5. The Hall–Kier alpha value is -0.610. The highest BCUT2D eigenvalue weighted by Gasteiger charge is 2.36. The van der Waals surface area contributed by atoms with E-state index in [1.807, 2.05) is 0 Å². The molecule has 0 aromatic carbocycles. The third-order valence-corrected chi connectivity index (χ3v) is 5.79. The van der Waals surface area contributed by atoms with Gasteiger partial charge in [-0.1, -0.05) is 38.5 Å². The molecule has 0 heterocycles. The van der Waals surface area contributed by atoms with Gasteiger partial charge in [-0.3, -0.25) is 4.79 Å². The Morgan fingerprint density at radius 3 is 1.91 bits per heavy atom. The summed E-state index contributed by atoms with van der Waals surface area (Å²) in [5.41, 5.74) is 0. The Balaban J connectivity index is 1.88. The van der Waals surface area contributed by atoms with E-state index in [2.05, 4.69) is 5.32 Å². The van der Waals surface area contributed by atoms with Crippen molar-refractivity contribution in [1.82, 2.24) is 5.32 Å². The summed E-state index contributed by atoms with van der Waals surface area (Å²) >= 11 is 0. The summed E-state index contributed by atoms with van der Waals surface area (Å²) in [7, 11) is 3.32. The van der Waals surface area contributed by atoms with Gasteiger partial charge in [-0.25, -0.2) is 0 Å². The van der Waals surface area contributed by atoms with Crippen molar-refractivity contribution in [2.75, 3.05) is 27.2 Å². The predicted octanol–water partition coefficient (Wildman–Crippen LogP) is 3.84. The first-order valence-electron chi connectivity index (χ1n) is 9.79. The van der Waals surface area contributed by atoms with E-state index in [0.717, 1.165) is 6.42 Å². The van der Waals surface area contributed by atoms with Gasteiger partial charge in [0.1, 0.15) is 0 Å². The number of hydroxylamine groups is 3. The summed E-state index contributed by atoms with van der Waals surface area (Å²) in [6, 6.07) is 0. The van der Waals surface area contributed by atoms with Crippen molar-refractivity contribution in [3.05, 3.63) is 5.21 Å². The number of hydrogen-bond donors (Lipinski definition) is 1. The summed E-state index contributed by atoms with van der Waals surface area (Å²) in [4.78, 5) is 12.9. The van der Waals surface area contributed by atoms with Crippen molar-refractivity contribution in [3.8, 4) is 0 Å². The van der Waals surface area contributed by atoms with Gasteiger partial charge < -0.3 is 15.2 Å². The largest absolute Gasteiger partial charge is 0.633 e. The normalized spacial score (nSPS) is 21.6. The molecule has 1 amide bonds. The summed E-state index contributed by atoms with van der Waals surface area (Å²) in [5.74, 6) is 1.70. The Bertz CT molecular complexity index is 335. The number of hydrogen-bond acceptors (Lipinski definition) is 2. The lowest BCUT2D eigenvalue weighted by atomic mass is 9.69. The molecule has 4 nitrogen and oxygen atoms in total. The van der Waals surface area contributed by atoms with Gasteiger partial charge >= 0.3 is 0 Å². The minimum absolute atomic E-state index is 0.227. The van der Waals surface area contributed by atoms with Gasteiger partial charge in [0, 0.05) is 18.9 Å². The van der Waals surface area contributed by atoms with Gasteiger partial charge in [-0.05, 0) is 37.5 Å². The topological polar surface area (TPSA) is 52.2 Å². The average molecular weight is 325 g/mol. The number of nitrogens with zero attached hydrogens (tertiary/aromatic N) is 1. The van der Waals surface area contributed by atoms with Crippen LogP contribution in [-0.2, 0) is 4.79 Å². The zero-order valence-electron chi connectivity index (χ0n) is 15.2. The minimum atomic E-state index is -0.273. The van der Waals surface area contributed by atoms with Crippen molar-refractivity contribution >= 4 is 5.91 Å². The fourth-order valence-electron chi connectivity index (χ4n) is 4.59. The second-order valence-electron chi connectivity index (χ2n) is 8.26. The van der Waals surface area contributed by atoms with Crippen LogP contribution in [0.5, 0.6) is 0 Å². The highest BCUT2D eigenvalue weighted by Crippen LogP contribution is 2.40. The van der Waals surface area contributed by atoms with E-state index in [9.17, 15) is 10.0 Å². The molecule has 2 rings (SSSR count). The molecule has 1 N–H and O–H groups in total. The monoisotopic (exact) mass is 324 g/mol. The minimum Gasteiger partial charge on any atom is -0.633 e. The van der Waals surface area contributed by atoms with Crippen molar-refractivity contribution in [3.63, 3.8) is 0 Å². The fourth-order valence-corrected chi connectivity index (χ4v) is 4.59. The molecule has 0 spiro atoms. The average Bonchev–Trinajstić information content (AvgIpc) is 2.53. The highest BCUT2D eigenvalue weighted by molar-refractivity contribution is 5.79. The van der Waals surface area contributed by atoms with Crippen LogP contribution >= 0.6 is 0 Å². The third-order valence-electron chi connectivity index (χ3n) is 5.79. The molecule has 0 aliphatic heterocycles. The van der Waals surface area contributed by atoms with Crippen LogP contribution in [0.1, 0.15) is 70.6 Å². The standard InChI is InChI=1S/C19H36N2O2/c1-21(2,23)15-9-14-20-19(22)18(16-10-5-3-6-11-16)17-12-7-4-8-13-17/h16-18H,3-15H2,1-2H3,(H,20,22). The molecule has 2 saturated carbocycles. The first-order valence-corrected chi connectivity index (χ1v) is 9.79. The quantitative estimate of drug-likeness (QED) is 0.439. The van der Waals surface area contributed by atoms with Gasteiger partial charge in [-0.2, -0.15) is 0 Å². The molecule has 2 aliphatic rings. The molecule has 4 heteroatoms. The van der Waals surface area contributed by atoms with Crippen molar-refractivity contribution in [2.45, 2.75) is 70.6 Å². The second-order valence-corrected chi connectivity index (χ2v) is 8.26. The molecule has 0 atom stereocenters. The molecule has 23 heavy (non-hydrogen) atoms. The van der Waals surface area contributed by atoms with Crippen molar-refractivity contribution < 1.29 is 9.44 Å². The van der Waals surface area contributed by atoms with E-state index in [0.29, 0.717) is 24.9 Å². The van der Waals surface area contributed by atoms with Gasteiger partial charge in [0.15, 0.2) is 0 Å². The van der Waals surface area contributed by atoms with Crippen LogP contribution in [0.15, 0.2) is 0 Å². The maximum absolute atomic E-state index is 12.9. The number of rotatable bonds is 7. The summed E-state index contributed by atoms with van der Waals surface area (Å²) in [5, 5.41) is 14.8. The van der Waals surface area contributed by atoms with E-state index in [4.69, 9.17) is 0 Å². The molecule has 0 aromatic rings. The maximum Gasteiger partial charge on any atom is 0.223 e. The molecule has 0 saturated heterocycles. The summed E-state index contributed by atoms with van der Waals surface area (Å²) in [6.07, 6.45) is 13.6. The van der Waals surface area contributed by atoms with Crippen LogP contribution < -0.4 is 5.32 Å². The number of quaternary nitrogens is 1. The Morgan fingerprint density at radius 2 is 1.48 bits per heavy atom. The fraction of sp³-hybridized carbons (Fsp3) is 0.947. The van der Waals surface area contributed by atoms with Crippen LogP contribution in [0.3, 0.4) is 0 Å². The molecular formula is C19H36N2O2. The van der Waals surface area contributed by atoms with Crippen LogP contribution in [0, 0.1) is 23.0 Å². The lowest BCUT2D eigenvalue weighted by molar-refractivity contribution is -0.840. The number of carbonyl (C=O) groups is 1. The van der Waals surface area contributed by atoms with Crippen LogP contribution in [0.2, 0.25) is 0 Å². The first kappa shape index (κ1) is 18.7. The van der Waals surface area contributed by atoms with Crippen LogP contribution in [0.4, 0.5) is 0 Å². The number of amides is 1. The number of nitrogens with one attached hydrogen (secondary N) is 1. The molecule has 0 bridgehead atoms. The Labute approximate surface area is 142 Å². The molecule has 134 valence electrons. The van der Waals surface area contributed by atoms with E-state index in [-0.39, 0.29) is 16.5 Å². The molecule has 0 radical (unpaired) electrons. The van der Waals surface area contributed by atoms with Gasteiger partial charge in [0.2, 0.25) is 5.91 Å². The lowest BCUT2D eigenvalue weighted by Crippen LogP contribution is -2.42. The van der Waals surface area contributed by atoms with E-state index in [1.54, 1.807) is 14.1 Å². The van der Waals surface area contributed by atoms with Crippen LogP contribution in [-0.4, -0.2) is 37.7 Å². The molecular weight excluding hydrogens is 288 g/mol. The van der Waals surface area contributed by atoms with Gasteiger partial charge in [0.25, 0.3) is 0 Å². The maximum atomic E-state index is 12.9. The predicted molar refractivity (Wildman–Crippen MR) is 94.6 cm³/mol. The second kappa shape index (κ2) is 9.03. The smallest absolute Gasteiger partial charge is 0.223 e. The number of carbonyl (C=O) groups excluding carboxylic acids is 1. The van der Waals surface area contributed by atoms with Gasteiger partial charge in [0.05, 0.1) is 20.6 Å². The van der Waals surface area contributed by atoms with Crippen LogP contribution in [0.25, 0.3) is 0 Å². The summed E-state index contributed by atoms with van der Waals surface area (Å²) in [6.45, 7) is 1.22. The molecule has 2 fully saturated rings. The van der Waals surface area contributed by atoms with E-state index in [1.165, 1.54) is 64.2 Å². The Kier molecular flexibility index (Phi) is 7.35. The van der Waals surface area contributed by atoms with Crippen molar-refractivity contribution in [1.29, 1.82) is 0 Å². The third kappa shape index (κ3) is 6.42. The molecule has 0 unspecified atom stereocenters. The van der Waals surface area contributed by atoms with E-state index < -0.39 is 0 Å². The molecule has 0 aromatic heterocycles. The zero-order valence-corrected chi connectivity index (χ0v) is 15.2. The zero-order chi connectivity index (χ0) is 16.7. The SMILES string of the molecule is C[N+](C)([O-])CCCNC(=O)C(C1CCCCC1)C1CCCCC1.